The Morgan fingerprint density at radius 2 is 1.66 bits per heavy atom. The van der Waals surface area contributed by atoms with Crippen molar-refractivity contribution in [1.29, 1.82) is 0 Å². The first-order valence-corrected chi connectivity index (χ1v) is 16.5. The Morgan fingerprint density at radius 1 is 0.977 bits per heavy atom. The van der Waals surface area contributed by atoms with Crippen molar-refractivity contribution in [2.45, 2.75) is 93.0 Å². The summed E-state index contributed by atoms with van der Waals surface area (Å²) in [7, 11) is 1.27. The van der Waals surface area contributed by atoms with Crippen LogP contribution in [0.25, 0.3) is 10.8 Å². The fraction of sp³-hybridized carbons (Fsp3) is 0.622. The summed E-state index contributed by atoms with van der Waals surface area (Å²) in [4.78, 5) is 51.2. The van der Waals surface area contributed by atoms with Crippen molar-refractivity contribution < 1.29 is 23.9 Å². The molecule has 2 fully saturated rings. The number of ether oxygens (including phenoxy) is 1. The number of rotatable bonds is 10. The number of hydrogen-bond donors (Lipinski definition) is 1. The number of hydrogen-bond acceptors (Lipinski definition) is 5. The Balaban J connectivity index is 0.000000317. The highest BCUT2D eigenvalue weighted by Crippen LogP contribution is 2.35. The predicted octanol–water partition coefficient (Wildman–Crippen LogP) is 7.16. The number of alkyl carbamates (subject to hydrolysis) is 1. The average Bonchev–Trinajstić information content (AvgIpc) is 3.68. The lowest BCUT2D eigenvalue weighted by molar-refractivity contribution is -0.133. The van der Waals surface area contributed by atoms with Crippen LogP contribution >= 0.6 is 0 Å². The first-order chi connectivity index (χ1) is 20.9. The highest BCUT2D eigenvalue weighted by molar-refractivity contribution is 5.90. The monoisotopic (exact) mass is 606 g/mol. The van der Waals surface area contributed by atoms with E-state index in [2.05, 4.69) is 75.0 Å². The Morgan fingerprint density at radius 3 is 2.27 bits per heavy atom. The van der Waals surface area contributed by atoms with Gasteiger partial charge in [-0.15, -0.1) is 0 Å². The van der Waals surface area contributed by atoms with E-state index in [1.54, 1.807) is 4.90 Å². The Bertz CT molecular complexity index is 1300. The molecule has 6 atom stereocenters. The standard InChI is InChI=1S/C24H30N2O4.C13H24O/c1-15(2)22(25-24(29)30-4)23(28)26-10-9-20(14-26)21(27)13-17-6-8-18-11-16(3)5-7-19(18)12-17;1-5-9(2)11(4)13(14)12-8-6-7-10(12)3/h5-8,11-12,15,20,22H,9-10,13-14H2,1-4H3,(H,25,29);9-12H,5-8H2,1-4H3/t20-,22-;9-,10+,11-,12?/m00/s1. The van der Waals surface area contributed by atoms with E-state index in [4.69, 9.17) is 0 Å². The van der Waals surface area contributed by atoms with Crippen LogP contribution in [0.1, 0.15) is 84.8 Å². The molecule has 4 rings (SSSR count). The van der Waals surface area contributed by atoms with Crippen molar-refractivity contribution in [2.75, 3.05) is 20.2 Å². The second-order valence-corrected chi connectivity index (χ2v) is 13.5. The molecule has 0 spiro atoms. The first-order valence-electron chi connectivity index (χ1n) is 16.5. The van der Waals surface area contributed by atoms with Gasteiger partial charge >= 0.3 is 6.09 Å². The summed E-state index contributed by atoms with van der Waals surface area (Å²) in [5.74, 6) is 2.10. The van der Waals surface area contributed by atoms with Crippen molar-refractivity contribution in [2.24, 2.45) is 35.5 Å². The number of nitrogens with one attached hydrogen (secondary N) is 1. The van der Waals surface area contributed by atoms with Crippen LogP contribution in [0.15, 0.2) is 36.4 Å². The molecule has 1 unspecified atom stereocenters. The van der Waals surface area contributed by atoms with Crippen molar-refractivity contribution in [3.63, 3.8) is 0 Å². The molecule has 1 saturated heterocycles. The molecule has 44 heavy (non-hydrogen) atoms. The summed E-state index contributed by atoms with van der Waals surface area (Å²) < 4.78 is 4.63. The van der Waals surface area contributed by atoms with Crippen LogP contribution in [-0.4, -0.2) is 54.7 Å². The number of carbonyl (C=O) groups is 4. The lowest BCUT2D eigenvalue weighted by atomic mass is 9.81. The van der Waals surface area contributed by atoms with E-state index in [0.717, 1.165) is 23.8 Å². The van der Waals surface area contributed by atoms with Crippen molar-refractivity contribution in [3.8, 4) is 0 Å². The maximum atomic E-state index is 12.9. The fourth-order valence-corrected chi connectivity index (χ4v) is 6.53. The minimum Gasteiger partial charge on any atom is -0.453 e. The lowest BCUT2D eigenvalue weighted by Crippen LogP contribution is -2.50. The number of Topliss-reactive ketones (excluding diaryl/α,β-unsaturated/α-hetero) is 2. The SMILES string of the molecule is CC[C@H](C)[C@H](C)C(=O)C1CCC[C@H]1C.COC(=O)N[C@H](C(=O)N1CC[C@H](C(=O)Cc2ccc3cc(C)ccc3c2)C1)C(C)C. The summed E-state index contributed by atoms with van der Waals surface area (Å²) in [5.41, 5.74) is 2.21. The molecule has 1 aliphatic carbocycles. The number of amides is 2. The first kappa shape index (κ1) is 35.3. The normalized spacial score (nSPS) is 21.8. The molecule has 242 valence electrons. The van der Waals surface area contributed by atoms with Crippen LogP contribution in [0.5, 0.6) is 0 Å². The second kappa shape index (κ2) is 16.2. The zero-order valence-corrected chi connectivity index (χ0v) is 28.2. The third kappa shape index (κ3) is 9.15. The third-order valence-electron chi connectivity index (χ3n) is 9.96. The van der Waals surface area contributed by atoms with Gasteiger partial charge in [-0.3, -0.25) is 14.4 Å². The summed E-state index contributed by atoms with van der Waals surface area (Å²) in [6, 6.07) is 11.8. The zero-order chi connectivity index (χ0) is 32.6. The minimum atomic E-state index is -0.657. The number of ketones is 2. The zero-order valence-electron chi connectivity index (χ0n) is 28.2. The van der Waals surface area contributed by atoms with E-state index in [9.17, 15) is 19.2 Å². The molecule has 1 saturated carbocycles. The van der Waals surface area contributed by atoms with Crippen molar-refractivity contribution in [3.05, 3.63) is 47.5 Å². The molecule has 0 bridgehead atoms. The molecule has 0 radical (unpaired) electrons. The number of carbonyl (C=O) groups excluding carboxylic acids is 4. The number of aryl methyl sites for hydroxylation is 1. The Kier molecular flexibility index (Phi) is 13.0. The summed E-state index contributed by atoms with van der Waals surface area (Å²) in [6.07, 6.45) is 5.16. The van der Waals surface area contributed by atoms with E-state index in [1.807, 2.05) is 19.9 Å². The molecule has 1 heterocycles. The van der Waals surface area contributed by atoms with Gasteiger partial charge in [0.15, 0.2) is 0 Å². The quantitative estimate of drug-likeness (QED) is 0.310. The number of nitrogens with zero attached hydrogens (tertiary/aromatic N) is 1. The molecule has 7 nitrogen and oxygen atoms in total. The molecule has 2 aromatic rings. The van der Waals surface area contributed by atoms with E-state index >= 15 is 0 Å². The number of likely N-dealkylation sites (tertiary alicyclic amines) is 1. The molecule has 2 aliphatic rings. The Labute approximate surface area is 264 Å². The highest BCUT2D eigenvalue weighted by atomic mass is 16.5. The minimum absolute atomic E-state index is 0.0763. The number of benzene rings is 2. The van der Waals surface area contributed by atoms with Gasteiger partial charge in [0.25, 0.3) is 0 Å². The molecular formula is C37H54N2O5. The van der Waals surface area contributed by atoms with Gasteiger partial charge in [-0.05, 0) is 60.3 Å². The molecule has 2 aromatic carbocycles. The molecular weight excluding hydrogens is 552 g/mol. The second-order valence-electron chi connectivity index (χ2n) is 13.5. The van der Waals surface area contributed by atoms with Crippen molar-refractivity contribution in [1.82, 2.24) is 10.2 Å². The van der Waals surface area contributed by atoms with Gasteiger partial charge in [-0.1, -0.05) is 96.3 Å². The smallest absolute Gasteiger partial charge is 0.407 e. The molecule has 0 aromatic heterocycles. The predicted molar refractivity (Wildman–Crippen MR) is 176 cm³/mol. The summed E-state index contributed by atoms with van der Waals surface area (Å²) in [6.45, 7) is 15.5. The van der Waals surface area contributed by atoms with Crippen LogP contribution < -0.4 is 5.32 Å². The van der Waals surface area contributed by atoms with Crippen LogP contribution in [0.4, 0.5) is 4.79 Å². The lowest BCUT2D eigenvalue weighted by Gasteiger charge is -2.26. The topological polar surface area (TPSA) is 92.8 Å². The molecule has 1 N–H and O–H groups in total. The summed E-state index contributed by atoms with van der Waals surface area (Å²) in [5, 5.41) is 4.91. The van der Waals surface area contributed by atoms with E-state index in [0.29, 0.717) is 49.5 Å². The van der Waals surface area contributed by atoms with Crippen LogP contribution in [-0.2, 0) is 25.5 Å². The highest BCUT2D eigenvalue weighted by Gasteiger charge is 2.36. The maximum Gasteiger partial charge on any atom is 0.407 e. The largest absolute Gasteiger partial charge is 0.453 e. The van der Waals surface area contributed by atoms with Gasteiger partial charge in [0.1, 0.15) is 17.6 Å². The van der Waals surface area contributed by atoms with Gasteiger partial charge in [-0.2, -0.15) is 0 Å². The van der Waals surface area contributed by atoms with Gasteiger partial charge < -0.3 is 15.0 Å². The van der Waals surface area contributed by atoms with Gasteiger partial charge in [0, 0.05) is 37.3 Å². The average molecular weight is 607 g/mol. The summed E-state index contributed by atoms with van der Waals surface area (Å²) >= 11 is 0. The number of methoxy groups -OCH3 is 1. The molecule has 7 heteroatoms. The van der Waals surface area contributed by atoms with Crippen LogP contribution in [0, 0.1) is 42.4 Å². The van der Waals surface area contributed by atoms with Crippen LogP contribution in [0.2, 0.25) is 0 Å². The van der Waals surface area contributed by atoms with Crippen molar-refractivity contribution >= 4 is 34.3 Å². The van der Waals surface area contributed by atoms with E-state index in [1.165, 1.54) is 30.9 Å². The molecule has 2 amide bonds. The van der Waals surface area contributed by atoms with E-state index in [-0.39, 0.29) is 29.4 Å². The van der Waals surface area contributed by atoms with Gasteiger partial charge in [0.05, 0.1) is 7.11 Å². The Hall–Kier alpha value is -3.22. The van der Waals surface area contributed by atoms with Gasteiger partial charge in [-0.25, -0.2) is 4.79 Å². The molecule has 1 aliphatic heterocycles. The fourth-order valence-electron chi connectivity index (χ4n) is 6.53. The number of fused-ring (bicyclic) bond motifs is 1. The van der Waals surface area contributed by atoms with Gasteiger partial charge in [0.2, 0.25) is 5.91 Å². The maximum absolute atomic E-state index is 12.9. The van der Waals surface area contributed by atoms with Crippen LogP contribution in [0.3, 0.4) is 0 Å². The van der Waals surface area contributed by atoms with E-state index < -0.39 is 12.1 Å². The third-order valence-corrected chi connectivity index (χ3v) is 9.96.